The zero-order valence-corrected chi connectivity index (χ0v) is 31.2. The van der Waals surface area contributed by atoms with Crippen LogP contribution in [0.4, 0.5) is 5.69 Å². The smallest absolute Gasteiger partial charge is 0.249 e. The maximum atomic E-state index is 14.2. The lowest BCUT2D eigenvalue weighted by molar-refractivity contribution is -0.135. The molecule has 1 spiro atoms. The van der Waals surface area contributed by atoms with Crippen molar-refractivity contribution in [1.82, 2.24) is 25.2 Å². The second-order valence-electron chi connectivity index (χ2n) is 15.6. The first-order valence-corrected chi connectivity index (χ1v) is 18.6. The molecule has 7 heterocycles. The second-order valence-corrected chi connectivity index (χ2v) is 15.6. The highest BCUT2D eigenvalue weighted by Crippen LogP contribution is 2.61. The van der Waals surface area contributed by atoms with Crippen molar-refractivity contribution in [2.75, 3.05) is 12.4 Å². The van der Waals surface area contributed by atoms with Gasteiger partial charge in [-0.15, -0.1) is 0 Å². The summed E-state index contributed by atoms with van der Waals surface area (Å²) in [5.41, 5.74) is 6.33. The Morgan fingerprint density at radius 2 is 1.89 bits per heavy atom. The minimum Gasteiger partial charge on any atom is -0.495 e. The van der Waals surface area contributed by atoms with E-state index in [0.29, 0.717) is 23.0 Å². The van der Waals surface area contributed by atoms with E-state index in [1.807, 2.05) is 55.9 Å². The number of amides is 2. The molecule has 0 aliphatic carbocycles. The monoisotopic (exact) mass is 740 g/mol. The van der Waals surface area contributed by atoms with Crippen LogP contribution in [0.2, 0.25) is 0 Å². The number of para-hydroxylation sites is 1. The first-order chi connectivity index (χ1) is 26.5. The Hall–Kier alpha value is -6.08. The van der Waals surface area contributed by atoms with E-state index in [4.69, 9.17) is 28.3 Å². The highest BCUT2D eigenvalue weighted by atomic mass is 16.5. The predicted octanol–water partition coefficient (Wildman–Crippen LogP) is 5.83. The number of hydrogen-bond acceptors (Lipinski definition) is 10. The summed E-state index contributed by atoms with van der Waals surface area (Å²) in [4.78, 5) is 37.4. The van der Waals surface area contributed by atoms with Crippen molar-refractivity contribution in [3.05, 3.63) is 89.3 Å². The van der Waals surface area contributed by atoms with Gasteiger partial charge in [-0.2, -0.15) is 0 Å². The molecule has 4 aliphatic heterocycles. The molecule has 3 aromatic carbocycles. The summed E-state index contributed by atoms with van der Waals surface area (Å²) < 4.78 is 28.5. The van der Waals surface area contributed by atoms with Gasteiger partial charge in [0.2, 0.25) is 23.6 Å². The molecule has 6 aromatic rings. The number of aryl methyl sites for hydroxylation is 1. The number of oxazole rings is 2. The number of aliphatic hydroxyl groups excluding tert-OH is 1. The number of rotatable bonds is 5. The molecule has 0 saturated carbocycles. The number of carbonyl (C=O) groups is 2. The van der Waals surface area contributed by atoms with Gasteiger partial charge in [-0.05, 0) is 41.2 Å². The molecule has 280 valence electrons. The molecule has 0 radical (unpaired) electrons. The van der Waals surface area contributed by atoms with Gasteiger partial charge in [0.15, 0.2) is 23.4 Å². The lowest BCUT2D eigenvalue weighted by Crippen LogP contribution is -2.52. The van der Waals surface area contributed by atoms with Gasteiger partial charge in [0.1, 0.15) is 35.1 Å². The molecule has 4 N–H and O–H groups in total. The normalized spacial score (nSPS) is 22.0. The number of benzene rings is 3. The maximum Gasteiger partial charge on any atom is 0.249 e. The summed E-state index contributed by atoms with van der Waals surface area (Å²) >= 11 is 0. The van der Waals surface area contributed by atoms with Crippen molar-refractivity contribution < 1.29 is 33.0 Å². The number of carbonyl (C=O) groups excluding carboxylic acids is 2. The number of aliphatic hydroxyl groups is 1. The molecule has 0 saturated heterocycles. The number of aromatic nitrogens is 3. The van der Waals surface area contributed by atoms with Crippen LogP contribution < -0.4 is 25.4 Å². The standard InChI is InChI=1S/C42H40N6O7/c1-18(2)31-40-46-33-36(55-40)42-24-9-7-8-22(21-11-13-28(52-6)34-30(21)23(17-48(34)5)29-16-43-39(33)53-29)32(24)47-41(42)54-27-12-10-20(14-25(27)42)15-26(37(50)45-31)44-38(51)35(49)19(3)4/h7-14,16-19,26,31,35,41,47,49H,15H2,1-6H3,(H,44,51)(H,45,50)/t26?,31-,35-,41-,42?/m0/s1. The molecule has 2 unspecified atom stereocenters. The van der Waals surface area contributed by atoms with Gasteiger partial charge in [-0.1, -0.05) is 58.0 Å². The van der Waals surface area contributed by atoms with Crippen LogP contribution in [0.5, 0.6) is 11.5 Å². The Morgan fingerprint density at radius 1 is 1.05 bits per heavy atom. The number of ether oxygens (including phenoxy) is 2. The number of fused-ring (bicyclic) bond motifs is 7. The zero-order chi connectivity index (χ0) is 38.1. The highest BCUT2D eigenvalue weighted by Gasteiger charge is 2.61. The van der Waals surface area contributed by atoms with Crippen molar-refractivity contribution in [2.45, 2.75) is 63.9 Å². The summed E-state index contributed by atoms with van der Waals surface area (Å²) in [6.45, 7) is 7.43. The Labute approximate surface area is 316 Å². The fourth-order valence-corrected chi connectivity index (χ4v) is 8.91. The van der Waals surface area contributed by atoms with Crippen LogP contribution in [0.15, 0.2) is 69.8 Å². The van der Waals surface area contributed by atoms with Crippen LogP contribution in [0.25, 0.3) is 44.9 Å². The fraction of sp³-hybridized carbons (Fsp3) is 0.333. The van der Waals surface area contributed by atoms with Crippen LogP contribution in [0.3, 0.4) is 0 Å². The van der Waals surface area contributed by atoms with Crippen molar-refractivity contribution >= 4 is 28.4 Å². The summed E-state index contributed by atoms with van der Waals surface area (Å²) in [5, 5.41) is 21.3. The summed E-state index contributed by atoms with van der Waals surface area (Å²) in [7, 11) is 3.65. The topological polar surface area (TPSA) is 166 Å². The van der Waals surface area contributed by atoms with E-state index >= 15 is 0 Å². The first-order valence-electron chi connectivity index (χ1n) is 18.6. The lowest BCUT2D eigenvalue weighted by Gasteiger charge is -2.29. The third-order valence-corrected chi connectivity index (χ3v) is 11.6. The molecule has 5 atom stereocenters. The average Bonchev–Trinajstić information content (AvgIpc) is 3.99. The SMILES string of the molecule is COc1ccc2c3c(cn(C)c13)-c1cnc(o1)-c1nc3oc1C14c5cc(ccc5O[C@@H]1Nc1c-2cccc14)CC(NC(=O)[C@@H](O)C(C)C)C(=O)N[C@H]3C(C)C. The van der Waals surface area contributed by atoms with Crippen molar-refractivity contribution in [2.24, 2.45) is 18.9 Å². The predicted molar refractivity (Wildman–Crippen MR) is 202 cm³/mol. The van der Waals surface area contributed by atoms with Crippen molar-refractivity contribution in [3.8, 4) is 45.5 Å². The molecule has 10 bridgehead atoms. The number of nitrogens with zero attached hydrogens (tertiary/aromatic N) is 3. The number of methoxy groups -OCH3 is 1. The first kappa shape index (κ1) is 33.5. The summed E-state index contributed by atoms with van der Waals surface area (Å²) in [6.07, 6.45) is 1.93. The van der Waals surface area contributed by atoms with E-state index in [-0.39, 0.29) is 30.0 Å². The van der Waals surface area contributed by atoms with E-state index in [1.54, 1.807) is 27.2 Å². The Balaban J connectivity index is 1.29. The average molecular weight is 741 g/mol. The van der Waals surface area contributed by atoms with E-state index in [1.165, 1.54) is 0 Å². The molecule has 13 nitrogen and oxygen atoms in total. The number of hydrogen-bond donors (Lipinski definition) is 4. The maximum absolute atomic E-state index is 14.2. The van der Waals surface area contributed by atoms with E-state index in [9.17, 15) is 14.7 Å². The molecule has 0 fully saturated rings. The highest BCUT2D eigenvalue weighted by molar-refractivity contribution is 6.10. The van der Waals surface area contributed by atoms with Crippen molar-refractivity contribution in [3.63, 3.8) is 0 Å². The van der Waals surface area contributed by atoms with Gasteiger partial charge < -0.3 is 43.9 Å². The third-order valence-electron chi connectivity index (χ3n) is 11.6. The minimum atomic E-state index is -1.29. The fourth-order valence-electron chi connectivity index (χ4n) is 8.91. The number of nitrogens with one attached hydrogen (secondary N) is 3. The quantitative estimate of drug-likeness (QED) is 0.169. The lowest BCUT2D eigenvalue weighted by atomic mass is 9.72. The molecular weight excluding hydrogens is 700 g/mol. The minimum absolute atomic E-state index is 0.157. The molecule has 55 heavy (non-hydrogen) atoms. The second kappa shape index (κ2) is 11.7. The molecule has 13 heteroatoms. The Kier molecular flexibility index (Phi) is 7.13. The number of anilines is 1. The van der Waals surface area contributed by atoms with Crippen LogP contribution in [-0.4, -0.2) is 56.9 Å². The summed E-state index contributed by atoms with van der Waals surface area (Å²) in [6, 6.07) is 14.4. The van der Waals surface area contributed by atoms with Gasteiger partial charge in [0, 0.05) is 53.0 Å². The Bertz CT molecular complexity index is 2600. The van der Waals surface area contributed by atoms with Crippen LogP contribution in [0.1, 0.15) is 62.1 Å². The van der Waals surface area contributed by atoms with E-state index in [2.05, 4.69) is 40.2 Å². The van der Waals surface area contributed by atoms with Crippen LogP contribution in [-0.2, 0) is 28.5 Å². The zero-order valence-electron chi connectivity index (χ0n) is 31.2. The summed E-state index contributed by atoms with van der Waals surface area (Å²) in [5.74, 6) is 1.30. The third kappa shape index (κ3) is 4.56. The molecule has 10 rings (SSSR count). The Morgan fingerprint density at radius 3 is 2.67 bits per heavy atom. The molecule has 2 amide bonds. The van der Waals surface area contributed by atoms with Gasteiger partial charge in [-0.25, -0.2) is 9.97 Å². The molecule has 3 aromatic heterocycles. The van der Waals surface area contributed by atoms with Crippen LogP contribution in [0, 0.1) is 11.8 Å². The molecular formula is C42H40N6O7. The van der Waals surface area contributed by atoms with Gasteiger partial charge >= 0.3 is 0 Å². The molecule has 4 aliphatic rings. The van der Waals surface area contributed by atoms with Gasteiger partial charge in [0.25, 0.3) is 0 Å². The van der Waals surface area contributed by atoms with Gasteiger partial charge in [-0.3, -0.25) is 9.59 Å². The van der Waals surface area contributed by atoms with Crippen LogP contribution >= 0.6 is 0 Å². The van der Waals surface area contributed by atoms with Crippen molar-refractivity contribution in [1.29, 1.82) is 0 Å². The largest absolute Gasteiger partial charge is 0.495 e. The van der Waals surface area contributed by atoms with E-state index < -0.39 is 41.6 Å². The van der Waals surface area contributed by atoms with Gasteiger partial charge in [0.05, 0.1) is 18.8 Å². The van der Waals surface area contributed by atoms with E-state index in [0.717, 1.165) is 55.7 Å².